The Balaban J connectivity index is 2.04. The molecule has 0 aliphatic rings. The summed E-state index contributed by atoms with van der Waals surface area (Å²) in [5.41, 5.74) is 2.44. The number of aliphatic hydroxyl groups excluding tert-OH is 1. The van der Waals surface area contributed by atoms with Crippen molar-refractivity contribution < 1.29 is 9.90 Å². The van der Waals surface area contributed by atoms with Crippen LogP contribution in [0.25, 0.3) is 0 Å². The number of anilines is 1. The summed E-state index contributed by atoms with van der Waals surface area (Å²) in [4.78, 5) is 14.6. The third-order valence-electron chi connectivity index (χ3n) is 2.67. The average molecular weight is 255 g/mol. The summed E-state index contributed by atoms with van der Waals surface area (Å²) in [7, 11) is 0. The zero-order valence-electron chi connectivity index (χ0n) is 10.2. The highest BCUT2D eigenvalue weighted by Gasteiger charge is 2.08. The van der Waals surface area contributed by atoms with Gasteiger partial charge < -0.3 is 15.4 Å². The lowest BCUT2D eigenvalue weighted by Gasteiger charge is -2.05. The van der Waals surface area contributed by atoms with Crippen molar-refractivity contribution in [3.05, 3.63) is 53.3 Å². The van der Waals surface area contributed by atoms with E-state index in [1.165, 1.54) is 12.3 Å². The van der Waals surface area contributed by atoms with Crippen LogP contribution in [0.5, 0.6) is 0 Å². The molecule has 1 amide bonds. The van der Waals surface area contributed by atoms with Crippen molar-refractivity contribution in [1.82, 2.24) is 4.98 Å². The van der Waals surface area contributed by atoms with Gasteiger partial charge in [0.15, 0.2) is 0 Å². The first-order chi connectivity index (χ1) is 9.22. The number of aromatic amines is 1. The number of nitrogens with zero attached hydrogens (tertiary/aromatic N) is 1. The lowest BCUT2D eigenvalue weighted by molar-refractivity contribution is 0.102. The molecule has 3 N–H and O–H groups in total. The minimum atomic E-state index is -0.295. The molecule has 1 aromatic carbocycles. The molecule has 19 heavy (non-hydrogen) atoms. The molecule has 0 aliphatic heterocycles. The van der Waals surface area contributed by atoms with Crippen molar-refractivity contribution >= 4 is 11.6 Å². The Bertz CT molecular complexity index is 608. The van der Waals surface area contributed by atoms with E-state index in [2.05, 4.69) is 10.3 Å². The largest absolute Gasteiger partial charge is 0.396 e. The van der Waals surface area contributed by atoms with Gasteiger partial charge in [-0.05, 0) is 30.2 Å². The summed E-state index contributed by atoms with van der Waals surface area (Å²) in [5, 5.41) is 20.2. The number of benzene rings is 1. The molecule has 0 spiro atoms. The van der Waals surface area contributed by atoms with Crippen molar-refractivity contribution in [1.29, 1.82) is 5.26 Å². The predicted octanol–water partition coefficient (Wildman–Crippen LogP) is 1.67. The summed E-state index contributed by atoms with van der Waals surface area (Å²) in [6.45, 7) is 0.102. The van der Waals surface area contributed by atoms with Crippen molar-refractivity contribution in [3.8, 4) is 6.07 Å². The predicted molar refractivity (Wildman–Crippen MR) is 70.7 cm³/mol. The number of hydrogen-bond donors (Lipinski definition) is 3. The maximum atomic E-state index is 11.9. The molecule has 0 fully saturated rings. The minimum Gasteiger partial charge on any atom is -0.396 e. The molecule has 0 aliphatic carbocycles. The van der Waals surface area contributed by atoms with Crippen LogP contribution in [0.1, 0.15) is 21.6 Å². The molecule has 0 saturated heterocycles. The topological polar surface area (TPSA) is 88.9 Å². The van der Waals surface area contributed by atoms with Crippen LogP contribution in [0.15, 0.2) is 36.5 Å². The Morgan fingerprint density at radius 3 is 2.68 bits per heavy atom. The molecule has 1 heterocycles. The van der Waals surface area contributed by atoms with Crippen LogP contribution in [0.3, 0.4) is 0 Å². The molecule has 2 aromatic rings. The normalized spacial score (nSPS) is 9.89. The minimum absolute atomic E-state index is 0.102. The van der Waals surface area contributed by atoms with E-state index < -0.39 is 0 Å². The van der Waals surface area contributed by atoms with Crippen LogP contribution >= 0.6 is 0 Å². The molecule has 2 rings (SSSR count). The molecule has 96 valence electrons. The van der Waals surface area contributed by atoms with Crippen LogP contribution in [0.2, 0.25) is 0 Å². The number of amides is 1. The molecule has 5 heteroatoms. The van der Waals surface area contributed by atoms with Gasteiger partial charge in [-0.3, -0.25) is 4.79 Å². The summed E-state index contributed by atoms with van der Waals surface area (Å²) >= 11 is 0. The summed E-state index contributed by atoms with van der Waals surface area (Å²) in [5.74, 6) is -0.295. The van der Waals surface area contributed by atoms with Gasteiger partial charge in [-0.1, -0.05) is 12.1 Å². The molecule has 0 saturated carbocycles. The van der Waals surface area contributed by atoms with E-state index in [4.69, 9.17) is 10.4 Å². The van der Waals surface area contributed by atoms with Gasteiger partial charge in [0.2, 0.25) is 0 Å². The molecule has 0 radical (unpaired) electrons. The second-order valence-electron chi connectivity index (χ2n) is 4.04. The van der Waals surface area contributed by atoms with Crippen molar-refractivity contribution in [2.75, 3.05) is 11.9 Å². The molecular weight excluding hydrogens is 242 g/mol. The number of nitriles is 1. The second-order valence-corrected chi connectivity index (χ2v) is 4.04. The second kappa shape index (κ2) is 5.85. The summed E-state index contributed by atoms with van der Waals surface area (Å²) in [6.07, 6.45) is 2.08. The number of rotatable bonds is 4. The van der Waals surface area contributed by atoms with Gasteiger partial charge >= 0.3 is 0 Å². The highest BCUT2D eigenvalue weighted by atomic mass is 16.2. The van der Waals surface area contributed by atoms with Gasteiger partial charge in [-0.25, -0.2) is 0 Å². The van der Waals surface area contributed by atoms with E-state index in [9.17, 15) is 4.79 Å². The fraction of sp³-hybridized carbons (Fsp3) is 0.143. The molecule has 0 unspecified atom stereocenters. The Hall–Kier alpha value is -2.58. The molecule has 0 bridgehead atoms. The number of aliphatic hydroxyl groups is 1. The van der Waals surface area contributed by atoms with Gasteiger partial charge in [-0.2, -0.15) is 5.26 Å². The highest BCUT2D eigenvalue weighted by Crippen LogP contribution is 2.12. The lowest BCUT2D eigenvalue weighted by atomic mass is 10.1. The van der Waals surface area contributed by atoms with Crippen LogP contribution in [-0.4, -0.2) is 22.6 Å². The molecule has 5 nitrogen and oxygen atoms in total. The van der Waals surface area contributed by atoms with Crippen molar-refractivity contribution in [2.45, 2.75) is 6.42 Å². The van der Waals surface area contributed by atoms with Gasteiger partial charge in [0.1, 0.15) is 11.8 Å². The van der Waals surface area contributed by atoms with E-state index in [1.807, 2.05) is 18.2 Å². The summed E-state index contributed by atoms with van der Waals surface area (Å²) < 4.78 is 0. The summed E-state index contributed by atoms with van der Waals surface area (Å²) in [6, 6.07) is 10.7. The monoisotopic (exact) mass is 255 g/mol. The SMILES string of the molecule is N#Cc1c[nH]c(C(=O)Nc2ccc(CCO)cc2)c1. The number of carbonyl (C=O) groups is 1. The van der Waals surface area contributed by atoms with Crippen molar-refractivity contribution in [2.24, 2.45) is 0 Å². The Morgan fingerprint density at radius 1 is 1.37 bits per heavy atom. The Morgan fingerprint density at radius 2 is 2.11 bits per heavy atom. The van der Waals surface area contributed by atoms with Crippen LogP contribution in [-0.2, 0) is 6.42 Å². The number of nitrogens with one attached hydrogen (secondary N) is 2. The van der Waals surface area contributed by atoms with Gasteiger partial charge in [0.05, 0.1) is 5.56 Å². The highest BCUT2D eigenvalue weighted by molar-refractivity contribution is 6.03. The van der Waals surface area contributed by atoms with Gasteiger partial charge in [0, 0.05) is 18.5 Å². The van der Waals surface area contributed by atoms with E-state index >= 15 is 0 Å². The van der Waals surface area contributed by atoms with E-state index in [1.54, 1.807) is 12.1 Å². The third kappa shape index (κ3) is 3.21. The fourth-order valence-corrected chi connectivity index (χ4v) is 1.67. The number of aromatic nitrogens is 1. The zero-order valence-corrected chi connectivity index (χ0v) is 10.2. The molecule has 1 aromatic heterocycles. The maximum Gasteiger partial charge on any atom is 0.272 e. The average Bonchev–Trinajstić information content (AvgIpc) is 2.90. The number of H-pyrrole nitrogens is 1. The van der Waals surface area contributed by atoms with Gasteiger partial charge in [0.25, 0.3) is 5.91 Å². The lowest BCUT2D eigenvalue weighted by Crippen LogP contribution is -2.12. The molecular formula is C14H13N3O2. The van der Waals surface area contributed by atoms with E-state index in [-0.39, 0.29) is 12.5 Å². The van der Waals surface area contributed by atoms with Crippen LogP contribution in [0, 0.1) is 11.3 Å². The van der Waals surface area contributed by atoms with Gasteiger partial charge in [-0.15, -0.1) is 0 Å². The third-order valence-corrected chi connectivity index (χ3v) is 2.67. The first-order valence-corrected chi connectivity index (χ1v) is 5.82. The quantitative estimate of drug-likeness (QED) is 0.776. The van der Waals surface area contributed by atoms with Crippen molar-refractivity contribution in [3.63, 3.8) is 0 Å². The fourth-order valence-electron chi connectivity index (χ4n) is 1.67. The molecule has 0 atom stereocenters. The standard InChI is InChI=1S/C14H13N3O2/c15-8-11-7-13(16-9-11)14(19)17-12-3-1-10(2-4-12)5-6-18/h1-4,7,9,16,18H,5-6H2,(H,17,19). The maximum absolute atomic E-state index is 11.9. The van der Waals surface area contributed by atoms with E-state index in [0.29, 0.717) is 23.4 Å². The van der Waals surface area contributed by atoms with E-state index in [0.717, 1.165) is 5.56 Å². The first kappa shape index (κ1) is 12.9. The van der Waals surface area contributed by atoms with Crippen LogP contribution in [0.4, 0.5) is 5.69 Å². The zero-order chi connectivity index (χ0) is 13.7. The van der Waals surface area contributed by atoms with Crippen LogP contribution < -0.4 is 5.32 Å². The Kier molecular flexibility index (Phi) is 3.96. The smallest absolute Gasteiger partial charge is 0.272 e. The Labute approximate surface area is 110 Å². The number of hydrogen-bond acceptors (Lipinski definition) is 3. The number of carbonyl (C=O) groups excluding carboxylic acids is 1. The first-order valence-electron chi connectivity index (χ1n) is 5.82.